The van der Waals surface area contributed by atoms with Crippen LogP contribution in [0.25, 0.3) is 16.8 Å². The summed E-state index contributed by atoms with van der Waals surface area (Å²) < 4.78 is 0. The first-order valence-corrected chi connectivity index (χ1v) is 6.87. The standard InChI is InChI=1S/C18H20N2/c1-3-7-15(10-11-19)17-12-14(2)13-18(20-17)16-8-5-4-6-9-16/h4-13H,3,19H2,1-2H3/b11-10-,15-7+. The molecule has 102 valence electrons. The second-order valence-electron chi connectivity index (χ2n) is 4.71. The molecule has 0 aliphatic heterocycles. The predicted molar refractivity (Wildman–Crippen MR) is 86.0 cm³/mol. The number of benzene rings is 1. The summed E-state index contributed by atoms with van der Waals surface area (Å²) in [6, 6.07) is 14.4. The fraction of sp³-hybridized carbons (Fsp3) is 0.167. The molecule has 0 atom stereocenters. The van der Waals surface area contributed by atoms with Gasteiger partial charge in [0.1, 0.15) is 0 Å². The van der Waals surface area contributed by atoms with Crippen LogP contribution >= 0.6 is 0 Å². The molecule has 2 heteroatoms. The van der Waals surface area contributed by atoms with E-state index < -0.39 is 0 Å². The minimum Gasteiger partial charge on any atom is -0.405 e. The van der Waals surface area contributed by atoms with E-state index in [1.807, 2.05) is 24.3 Å². The highest BCUT2D eigenvalue weighted by molar-refractivity contribution is 5.74. The Morgan fingerprint density at radius 3 is 2.60 bits per heavy atom. The Morgan fingerprint density at radius 1 is 1.20 bits per heavy atom. The van der Waals surface area contributed by atoms with Crippen LogP contribution in [0.2, 0.25) is 0 Å². The van der Waals surface area contributed by atoms with Gasteiger partial charge in [0, 0.05) is 5.56 Å². The average molecular weight is 264 g/mol. The Bertz CT molecular complexity index is 625. The summed E-state index contributed by atoms with van der Waals surface area (Å²) >= 11 is 0. The highest BCUT2D eigenvalue weighted by atomic mass is 14.7. The molecule has 2 aromatic rings. The summed E-state index contributed by atoms with van der Waals surface area (Å²) in [6.07, 6.45) is 6.56. The number of nitrogens with zero attached hydrogens (tertiary/aromatic N) is 1. The zero-order valence-corrected chi connectivity index (χ0v) is 12.0. The van der Waals surface area contributed by atoms with E-state index in [0.717, 1.165) is 28.9 Å². The molecule has 0 amide bonds. The van der Waals surface area contributed by atoms with Gasteiger partial charge >= 0.3 is 0 Å². The molecule has 0 bridgehead atoms. The number of allylic oxidation sites excluding steroid dienone is 3. The molecule has 1 aromatic carbocycles. The Labute approximate surface area is 120 Å². The van der Waals surface area contributed by atoms with Gasteiger partial charge in [0.05, 0.1) is 11.4 Å². The first-order valence-electron chi connectivity index (χ1n) is 6.87. The first-order chi connectivity index (χ1) is 9.74. The van der Waals surface area contributed by atoms with E-state index >= 15 is 0 Å². The lowest BCUT2D eigenvalue weighted by Gasteiger charge is -2.08. The third kappa shape index (κ3) is 3.35. The molecular formula is C18H20N2. The van der Waals surface area contributed by atoms with Crippen molar-refractivity contribution in [3.05, 3.63) is 72.1 Å². The monoisotopic (exact) mass is 264 g/mol. The van der Waals surface area contributed by atoms with Crippen molar-refractivity contribution >= 4 is 5.57 Å². The van der Waals surface area contributed by atoms with Crippen molar-refractivity contribution in [3.8, 4) is 11.3 Å². The summed E-state index contributed by atoms with van der Waals surface area (Å²) in [5.41, 5.74) is 10.9. The summed E-state index contributed by atoms with van der Waals surface area (Å²) in [6.45, 7) is 4.20. The molecule has 1 heterocycles. The number of pyridine rings is 1. The third-order valence-electron chi connectivity index (χ3n) is 3.03. The van der Waals surface area contributed by atoms with Gasteiger partial charge in [0.2, 0.25) is 0 Å². The molecular weight excluding hydrogens is 244 g/mol. The number of hydrogen-bond acceptors (Lipinski definition) is 2. The minimum atomic E-state index is 0.954. The molecule has 2 rings (SSSR count). The molecule has 20 heavy (non-hydrogen) atoms. The molecule has 0 saturated heterocycles. The average Bonchev–Trinajstić information content (AvgIpc) is 2.47. The SMILES string of the molecule is CC/C=C(\C=C/N)c1cc(C)cc(-c2ccccc2)n1. The largest absolute Gasteiger partial charge is 0.405 e. The lowest BCUT2D eigenvalue weighted by atomic mass is 10.0. The molecule has 0 unspecified atom stereocenters. The number of hydrogen-bond donors (Lipinski definition) is 1. The summed E-state index contributed by atoms with van der Waals surface area (Å²) in [5, 5.41) is 0. The molecule has 0 aliphatic rings. The number of nitrogens with two attached hydrogens (primary N) is 1. The second-order valence-corrected chi connectivity index (χ2v) is 4.71. The molecule has 2 N–H and O–H groups in total. The normalized spacial score (nSPS) is 12.0. The van der Waals surface area contributed by atoms with Crippen LogP contribution < -0.4 is 5.73 Å². The van der Waals surface area contributed by atoms with Crippen LogP contribution in [-0.2, 0) is 0 Å². The van der Waals surface area contributed by atoms with Crippen molar-refractivity contribution in [1.82, 2.24) is 4.98 Å². The summed E-state index contributed by atoms with van der Waals surface area (Å²) in [5.74, 6) is 0. The van der Waals surface area contributed by atoms with Gasteiger partial charge in [0.25, 0.3) is 0 Å². The van der Waals surface area contributed by atoms with Gasteiger partial charge in [-0.25, -0.2) is 4.98 Å². The Balaban J connectivity index is 2.51. The van der Waals surface area contributed by atoms with Crippen LogP contribution in [0.1, 0.15) is 24.6 Å². The highest BCUT2D eigenvalue weighted by Gasteiger charge is 2.05. The van der Waals surface area contributed by atoms with Crippen molar-refractivity contribution in [2.24, 2.45) is 5.73 Å². The van der Waals surface area contributed by atoms with Crippen LogP contribution in [0.4, 0.5) is 0 Å². The van der Waals surface area contributed by atoms with E-state index in [0.29, 0.717) is 0 Å². The quantitative estimate of drug-likeness (QED) is 0.835. The van der Waals surface area contributed by atoms with E-state index in [9.17, 15) is 0 Å². The molecule has 0 saturated carbocycles. The minimum absolute atomic E-state index is 0.954. The van der Waals surface area contributed by atoms with Gasteiger partial charge in [-0.1, -0.05) is 43.3 Å². The van der Waals surface area contributed by atoms with Crippen molar-refractivity contribution in [3.63, 3.8) is 0 Å². The second kappa shape index (κ2) is 6.71. The van der Waals surface area contributed by atoms with E-state index in [1.54, 1.807) is 6.20 Å². The first kappa shape index (κ1) is 14.1. The molecule has 0 fully saturated rings. The smallest absolute Gasteiger partial charge is 0.0712 e. The van der Waals surface area contributed by atoms with Crippen molar-refractivity contribution in [1.29, 1.82) is 0 Å². The zero-order chi connectivity index (χ0) is 14.4. The topological polar surface area (TPSA) is 38.9 Å². The van der Waals surface area contributed by atoms with Gasteiger partial charge < -0.3 is 5.73 Å². The van der Waals surface area contributed by atoms with Crippen LogP contribution in [0.5, 0.6) is 0 Å². The van der Waals surface area contributed by atoms with Gasteiger partial charge in [-0.05, 0) is 48.9 Å². The predicted octanol–water partition coefficient (Wildman–Crippen LogP) is 4.32. The number of rotatable bonds is 4. The van der Waals surface area contributed by atoms with E-state index in [2.05, 4.69) is 44.2 Å². The Kier molecular flexibility index (Phi) is 4.72. The maximum atomic E-state index is 5.54. The molecule has 0 aliphatic carbocycles. The lowest BCUT2D eigenvalue weighted by molar-refractivity contribution is 1.20. The van der Waals surface area contributed by atoms with Crippen LogP contribution in [0.3, 0.4) is 0 Å². The maximum absolute atomic E-state index is 5.54. The van der Waals surface area contributed by atoms with Crippen molar-refractivity contribution < 1.29 is 0 Å². The fourth-order valence-electron chi connectivity index (χ4n) is 2.15. The van der Waals surface area contributed by atoms with Gasteiger partial charge in [-0.3, -0.25) is 0 Å². The molecule has 1 aromatic heterocycles. The van der Waals surface area contributed by atoms with Gasteiger partial charge in [-0.15, -0.1) is 0 Å². The molecule has 2 nitrogen and oxygen atoms in total. The zero-order valence-electron chi connectivity index (χ0n) is 12.0. The number of aromatic nitrogens is 1. The van der Waals surface area contributed by atoms with E-state index in [4.69, 9.17) is 10.7 Å². The third-order valence-corrected chi connectivity index (χ3v) is 3.03. The Hall–Kier alpha value is -2.35. The lowest BCUT2D eigenvalue weighted by Crippen LogP contribution is -1.93. The summed E-state index contributed by atoms with van der Waals surface area (Å²) in [4.78, 5) is 4.77. The van der Waals surface area contributed by atoms with Crippen LogP contribution in [0, 0.1) is 6.92 Å². The van der Waals surface area contributed by atoms with E-state index in [1.165, 1.54) is 5.56 Å². The fourth-order valence-corrected chi connectivity index (χ4v) is 2.15. The van der Waals surface area contributed by atoms with E-state index in [-0.39, 0.29) is 0 Å². The molecule has 0 spiro atoms. The Morgan fingerprint density at radius 2 is 1.95 bits per heavy atom. The summed E-state index contributed by atoms with van der Waals surface area (Å²) in [7, 11) is 0. The van der Waals surface area contributed by atoms with Gasteiger partial charge in [-0.2, -0.15) is 0 Å². The maximum Gasteiger partial charge on any atom is 0.0712 e. The molecule has 0 radical (unpaired) electrons. The van der Waals surface area contributed by atoms with Crippen LogP contribution in [-0.4, -0.2) is 4.98 Å². The van der Waals surface area contributed by atoms with Crippen LogP contribution in [0.15, 0.2) is 60.8 Å². The van der Waals surface area contributed by atoms with Gasteiger partial charge in [0.15, 0.2) is 0 Å². The van der Waals surface area contributed by atoms with Crippen molar-refractivity contribution in [2.45, 2.75) is 20.3 Å². The highest BCUT2D eigenvalue weighted by Crippen LogP contribution is 2.23. The van der Waals surface area contributed by atoms with Crippen molar-refractivity contribution in [2.75, 3.05) is 0 Å². The number of aryl methyl sites for hydroxylation is 1.